The Labute approximate surface area is 170 Å². The molecule has 24 heavy (non-hydrogen) atoms. The summed E-state index contributed by atoms with van der Waals surface area (Å²) in [6.45, 7) is 3.23. The lowest BCUT2D eigenvalue weighted by Crippen LogP contribution is -2.66. The lowest BCUT2D eigenvalue weighted by Gasteiger charge is -2.38. The summed E-state index contributed by atoms with van der Waals surface area (Å²) >= 11 is 26.8. The summed E-state index contributed by atoms with van der Waals surface area (Å²) in [4.78, 5) is 23.5. The first kappa shape index (κ1) is 22.3. The molecule has 4 unspecified atom stereocenters. The van der Waals surface area contributed by atoms with Crippen molar-refractivity contribution in [2.45, 2.75) is 42.0 Å². The standard InChI is InChI=1S/C13H18Cl3NO4S3/c1-3-4-5-24(12(22)23)10-8(9(18)17-10)7(2)21-11(19)20-6-13(14,15)16/h7-8,10H,3-6H2,1-2H3,(H-,17,18,22,23). The minimum absolute atomic E-state index is 0.207. The largest absolute Gasteiger partial charge is 0.508 e. The summed E-state index contributed by atoms with van der Waals surface area (Å²) < 4.78 is 8.55. The van der Waals surface area contributed by atoms with E-state index in [1.165, 1.54) is 0 Å². The molecule has 0 aromatic carbocycles. The van der Waals surface area contributed by atoms with Crippen LogP contribution in [0.5, 0.6) is 0 Å². The molecule has 1 fully saturated rings. The lowest BCUT2D eigenvalue weighted by atomic mass is 9.96. The van der Waals surface area contributed by atoms with Crippen molar-refractivity contribution in [1.82, 2.24) is 5.32 Å². The highest BCUT2D eigenvalue weighted by Crippen LogP contribution is 2.30. The molecule has 1 heterocycles. The predicted molar refractivity (Wildman–Crippen MR) is 105 cm³/mol. The second kappa shape index (κ2) is 9.83. The zero-order chi connectivity index (χ0) is 18.5. The van der Waals surface area contributed by atoms with Gasteiger partial charge in [-0.3, -0.25) is 4.79 Å². The van der Waals surface area contributed by atoms with Gasteiger partial charge in [-0.15, -0.1) is 0 Å². The Balaban J connectivity index is 2.63. The number of ether oxygens (including phenoxy) is 2. The summed E-state index contributed by atoms with van der Waals surface area (Å²) in [6, 6.07) is 0. The molecule has 11 heteroatoms. The molecule has 1 amide bonds. The molecule has 0 saturated carbocycles. The van der Waals surface area contributed by atoms with E-state index in [2.05, 4.69) is 12.2 Å². The van der Waals surface area contributed by atoms with Gasteiger partial charge >= 0.3 is 6.16 Å². The summed E-state index contributed by atoms with van der Waals surface area (Å²) in [5.74, 6) is 0.0818. The molecule has 138 valence electrons. The van der Waals surface area contributed by atoms with E-state index < -0.39 is 39.5 Å². The molecule has 0 bridgehead atoms. The Morgan fingerprint density at radius 3 is 2.58 bits per heavy atom. The van der Waals surface area contributed by atoms with Gasteiger partial charge in [0, 0.05) is 10.9 Å². The van der Waals surface area contributed by atoms with Crippen LogP contribution in [0.2, 0.25) is 0 Å². The quantitative estimate of drug-likeness (QED) is 0.159. The number of carbonyl (C=O) groups excluding carboxylic acids is 2. The number of amides is 1. The molecular formula is C13H18Cl3NO4S3. The Kier molecular flexibility index (Phi) is 9.14. The normalized spacial score (nSPS) is 22.8. The van der Waals surface area contributed by atoms with Gasteiger partial charge in [0.1, 0.15) is 24.4 Å². The van der Waals surface area contributed by atoms with Crippen LogP contribution in [0.4, 0.5) is 4.79 Å². The molecule has 1 aliphatic heterocycles. The van der Waals surface area contributed by atoms with Crippen LogP contribution >= 0.6 is 47.0 Å². The number of rotatable bonds is 7. The smallest absolute Gasteiger partial charge is 0.430 e. The summed E-state index contributed by atoms with van der Waals surface area (Å²) in [5.41, 5.74) is 0. The van der Waals surface area contributed by atoms with Crippen molar-refractivity contribution in [1.29, 1.82) is 0 Å². The maximum absolute atomic E-state index is 11.9. The van der Waals surface area contributed by atoms with Gasteiger partial charge in [-0.25, -0.2) is 4.79 Å². The maximum Gasteiger partial charge on any atom is 0.508 e. The van der Waals surface area contributed by atoms with Crippen molar-refractivity contribution in [3.8, 4) is 0 Å². The zero-order valence-corrected chi connectivity index (χ0v) is 17.8. The molecule has 0 aliphatic carbocycles. The van der Waals surface area contributed by atoms with Gasteiger partial charge in [0.15, 0.2) is 0 Å². The van der Waals surface area contributed by atoms with Crippen LogP contribution in [-0.4, -0.2) is 43.2 Å². The third-order valence-electron chi connectivity index (χ3n) is 3.29. The minimum atomic E-state index is -1.72. The van der Waals surface area contributed by atoms with Gasteiger partial charge in [0.2, 0.25) is 15.1 Å². The second-order valence-electron chi connectivity index (χ2n) is 5.17. The summed E-state index contributed by atoms with van der Waals surface area (Å²) in [6.07, 6.45) is 0.260. The number of hydrogen-bond acceptors (Lipinski definition) is 6. The molecule has 1 aliphatic rings. The van der Waals surface area contributed by atoms with Gasteiger partial charge in [-0.1, -0.05) is 48.1 Å². The number of β-lactam (4-membered cyclic amide) rings is 1. The van der Waals surface area contributed by atoms with Crippen LogP contribution in [0.15, 0.2) is 0 Å². The number of unbranched alkanes of at least 4 members (excludes halogenated alkanes) is 1. The minimum Gasteiger partial charge on any atom is -0.430 e. The highest BCUT2D eigenvalue weighted by molar-refractivity contribution is 8.35. The number of hydrogen-bond donors (Lipinski definition) is 1. The molecule has 1 N–H and O–H groups in total. The first-order chi connectivity index (χ1) is 11.1. The fourth-order valence-corrected chi connectivity index (χ4v) is 5.56. The molecule has 1 rings (SSSR count). The van der Waals surface area contributed by atoms with Crippen molar-refractivity contribution in [2.24, 2.45) is 5.92 Å². The summed E-state index contributed by atoms with van der Waals surface area (Å²) in [5, 5.41) is 2.60. The van der Waals surface area contributed by atoms with Gasteiger partial charge in [-0.05, 0) is 13.3 Å². The van der Waals surface area contributed by atoms with Crippen molar-refractivity contribution in [3.63, 3.8) is 0 Å². The van der Waals surface area contributed by atoms with E-state index in [-0.39, 0.29) is 11.3 Å². The van der Waals surface area contributed by atoms with Crippen LogP contribution in [0.1, 0.15) is 26.7 Å². The van der Waals surface area contributed by atoms with Crippen LogP contribution in [0.3, 0.4) is 0 Å². The van der Waals surface area contributed by atoms with Crippen LogP contribution < -0.4 is 5.32 Å². The van der Waals surface area contributed by atoms with E-state index in [1.54, 1.807) is 6.92 Å². The van der Waals surface area contributed by atoms with E-state index in [1.807, 2.05) is 0 Å². The van der Waals surface area contributed by atoms with Crippen LogP contribution in [0.25, 0.3) is 0 Å². The van der Waals surface area contributed by atoms with Gasteiger partial charge < -0.3 is 39.6 Å². The zero-order valence-electron chi connectivity index (χ0n) is 13.1. The molecular weight excluding hydrogens is 437 g/mol. The van der Waals surface area contributed by atoms with Gasteiger partial charge in [0.25, 0.3) is 0 Å². The fraction of sp³-hybridized carbons (Fsp3) is 0.769. The van der Waals surface area contributed by atoms with Gasteiger partial charge in [0.05, 0.1) is 3.53 Å². The maximum atomic E-state index is 11.9. The summed E-state index contributed by atoms with van der Waals surface area (Å²) in [7, 11) is -0.419. The van der Waals surface area contributed by atoms with E-state index >= 15 is 0 Å². The van der Waals surface area contributed by atoms with E-state index in [9.17, 15) is 9.59 Å². The van der Waals surface area contributed by atoms with Gasteiger partial charge in [-0.2, -0.15) is 0 Å². The number of thiocarbonyl (C=S) groups is 1. The average molecular weight is 455 g/mol. The van der Waals surface area contributed by atoms with Crippen molar-refractivity contribution in [2.75, 3.05) is 12.4 Å². The van der Waals surface area contributed by atoms with Crippen molar-refractivity contribution >= 4 is 86.1 Å². The molecule has 5 nitrogen and oxygen atoms in total. The molecule has 0 aromatic heterocycles. The van der Waals surface area contributed by atoms with Crippen LogP contribution in [-0.2, 0) is 37.8 Å². The Morgan fingerprint density at radius 1 is 1.50 bits per heavy atom. The number of nitrogens with one attached hydrogen (secondary N) is 1. The Hall–Kier alpha value is 0.270. The lowest BCUT2D eigenvalue weighted by molar-refractivity contribution is -0.137. The topological polar surface area (TPSA) is 64.6 Å². The first-order valence-electron chi connectivity index (χ1n) is 7.18. The van der Waals surface area contributed by atoms with Crippen molar-refractivity contribution < 1.29 is 19.1 Å². The monoisotopic (exact) mass is 453 g/mol. The highest BCUT2D eigenvalue weighted by Gasteiger charge is 2.54. The number of carbonyl (C=O) groups is 2. The number of alkyl halides is 3. The highest BCUT2D eigenvalue weighted by atomic mass is 35.6. The first-order valence-corrected chi connectivity index (χ1v) is 10.6. The van der Waals surface area contributed by atoms with Crippen LogP contribution in [0, 0.1) is 5.92 Å². The number of halogens is 3. The van der Waals surface area contributed by atoms with E-state index in [4.69, 9.17) is 69.1 Å². The fourth-order valence-electron chi connectivity index (χ4n) is 2.09. The SMILES string of the molecule is CCCC[S+](C(=S)[S-])C1NC(=O)C1C(C)OC(=O)OCC(Cl)(Cl)Cl. The van der Waals surface area contributed by atoms with E-state index in [0.717, 1.165) is 18.6 Å². The second-order valence-corrected chi connectivity index (χ2v) is 11.5. The third kappa shape index (κ3) is 6.88. The molecule has 1 saturated heterocycles. The third-order valence-corrected chi connectivity index (χ3v) is 7.09. The molecule has 4 atom stereocenters. The Morgan fingerprint density at radius 2 is 2.12 bits per heavy atom. The van der Waals surface area contributed by atoms with E-state index in [0.29, 0.717) is 3.53 Å². The average Bonchev–Trinajstić information content (AvgIpc) is 2.43. The molecule has 0 aromatic rings. The molecule has 0 radical (unpaired) electrons. The van der Waals surface area contributed by atoms with Crippen molar-refractivity contribution in [3.05, 3.63) is 0 Å². The molecule has 0 spiro atoms. The predicted octanol–water partition coefficient (Wildman–Crippen LogP) is 3.22. The Bertz CT molecular complexity index is 490.